The maximum atomic E-state index is 12.3. The van der Waals surface area contributed by atoms with Crippen LogP contribution < -0.4 is 14.8 Å². The molecule has 1 fully saturated rings. The standard InChI is InChI=1S/C22H22N4O4/c1-13(27)15-8-9-18(19(11-15)29-2)30-12-20(28)23-17-5-3-4-16(10-17)22-24-21(25-26-22)14-6-7-14/h3-5,8-11,14H,6-7,12H2,1-2H3,(H,23,28)(H,24,25,26). The van der Waals surface area contributed by atoms with Gasteiger partial charge in [0.25, 0.3) is 5.91 Å². The van der Waals surface area contributed by atoms with E-state index in [1.165, 1.54) is 14.0 Å². The van der Waals surface area contributed by atoms with Crippen LogP contribution in [0.2, 0.25) is 0 Å². The molecule has 0 spiro atoms. The van der Waals surface area contributed by atoms with Crippen molar-refractivity contribution in [2.24, 2.45) is 0 Å². The van der Waals surface area contributed by atoms with Crippen LogP contribution in [0, 0.1) is 0 Å². The third-order valence-corrected chi connectivity index (χ3v) is 4.80. The van der Waals surface area contributed by atoms with Gasteiger partial charge in [-0.2, -0.15) is 5.10 Å². The van der Waals surface area contributed by atoms with Crippen molar-refractivity contribution in [1.82, 2.24) is 15.2 Å². The fourth-order valence-corrected chi connectivity index (χ4v) is 3.02. The molecule has 8 heteroatoms. The number of carbonyl (C=O) groups excluding carboxylic acids is 2. The van der Waals surface area contributed by atoms with Crippen molar-refractivity contribution in [3.63, 3.8) is 0 Å². The molecule has 1 aliphatic carbocycles. The molecule has 2 aromatic carbocycles. The Morgan fingerprint density at radius 3 is 2.73 bits per heavy atom. The van der Waals surface area contributed by atoms with Crippen molar-refractivity contribution in [3.8, 4) is 22.9 Å². The third-order valence-electron chi connectivity index (χ3n) is 4.80. The summed E-state index contributed by atoms with van der Waals surface area (Å²) in [6, 6.07) is 12.2. The highest BCUT2D eigenvalue weighted by Crippen LogP contribution is 2.38. The van der Waals surface area contributed by atoms with E-state index < -0.39 is 0 Å². The van der Waals surface area contributed by atoms with E-state index in [0.29, 0.717) is 34.5 Å². The van der Waals surface area contributed by atoms with Gasteiger partial charge in [-0.05, 0) is 50.1 Å². The molecule has 1 amide bonds. The first kappa shape index (κ1) is 19.6. The first-order chi connectivity index (χ1) is 14.5. The minimum atomic E-state index is -0.321. The van der Waals surface area contributed by atoms with E-state index >= 15 is 0 Å². The minimum Gasteiger partial charge on any atom is -0.493 e. The number of ketones is 1. The van der Waals surface area contributed by atoms with E-state index in [0.717, 1.165) is 24.2 Å². The quantitative estimate of drug-likeness (QED) is 0.554. The molecule has 4 rings (SSSR count). The summed E-state index contributed by atoms with van der Waals surface area (Å²) in [4.78, 5) is 28.4. The number of aromatic amines is 1. The maximum Gasteiger partial charge on any atom is 0.262 e. The number of amides is 1. The number of benzene rings is 2. The molecule has 30 heavy (non-hydrogen) atoms. The molecule has 1 aliphatic rings. The van der Waals surface area contributed by atoms with Crippen LogP contribution in [0.15, 0.2) is 42.5 Å². The Hall–Kier alpha value is -3.68. The number of rotatable bonds is 8. The normalized spacial score (nSPS) is 13.0. The van der Waals surface area contributed by atoms with Crippen LogP contribution in [0.3, 0.4) is 0 Å². The lowest BCUT2D eigenvalue weighted by Gasteiger charge is -2.12. The second kappa shape index (κ2) is 8.36. The lowest BCUT2D eigenvalue weighted by Crippen LogP contribution is -2.20. The summed E-state index contributed by atoms with van der Waals surface area (Å²) in [5.74, 6) is 2.41. The van der Waals surface area contributed by atoms with Crippen molar-refractivity contribution in [2.45, 2.75) is 25.7 Å². The highest BCUT2D eigenvalue weighted by atomic mass is 16.5. The van der Waals surface area contributed by atoms with E-state index in [4.69, 9.17) is 9.47 Å². The number of ether oxygens (including phenoxy) is 2. The number of nitrogens with one attached hydrogen (secondary N) is 2. The fraction of sp³-hybridized carbons (Fsp3) is 0.273. The molecule has 0 atom stereocenters. The van der Waals surface area contributed by atoms with Gasteiger partial charge in [0.05, 0.1) is 7.11 Å². The van der Waals surface area contributed by atoms with Crippen molar-refractivity contribution in [2.75, 3.05) is 19.0 Å². The highest BCUT2D eigenvalue weighted by Gasteiger charge is 2.27. The van der Waals surface area contributed by atoms with Crippen LogP contribution in [0.5, 0.6) is 11.5 Å². The van der Waals surface area contributed by atoms with Gasteiger partial charge in [0.1, 0.15) is 5.82 Å². The summed E-state index contributed by atoms with van der Waals surface area (Å²) in [7, 11) is 1.48. The summed E-state index contributed by atoms with van der Waals surface area (Å²) >= 11 is 0. The minimum absolute atomic E-state index is 0.0758. The van der Waals surface area contributed by atoms with E-state index in [9.17, 15) is 9.59 Å². The molecule has 0 saturated heterocycles. The predicted molar refractivity (Wildman–Crippen MR) is 111 cm³/mol. The van der Waals surface area contributed by atoms with Gasteiger partial charge in [0.2, 0.25) is 0 Å². The van der Waals surface area contributed by atoms with Crippen molar-refractivity contribution in [1.29, 1.82) is 0 Å². The van der Waals surface area contributed by atoms with Gasteiger partial charge in [0.15, 0.2) is 29.7 Å². The van der Waals surface area contributed by atoms with Crippen LogP contribution in [-0.4, -0.2) is 40.6 Å². The van der Waals surface area contributed by atoms with E-state index in [2.05, 4.69) is 20.5 Å². The second-order valence-corrected chi connectivity index (χ2v) is 7.16. The van der Waals surface area contributed by atoms with Crippen molar-refractivity contribution < 1.29 is 19.1 Å². The van der Waals surface area contributed by atoms with Crippen LogP contribution in [-0.2, 0) is 4.79 Å². The number of hydrogen-bond acceptors (Lipinski definition) is 6. The number of carbonyl (C=O) groups is 2. The summed E-state index contributed by atoms with van der Waals surface area (Å²) in [5, 5.41) is 10.1. The van der Waals surface area contributed by atoms with Gasteiger partial charge in [0, 0.05) is 22.7 Å². The molecule has 0 aliphatic heterocycles. The van der Waals surface area contributed by atoms with Crippen LogP contribution >= 0.6 is 0 Å². The molecule has 1 saturated carbocycles. The molecule has 8 nitrogen and oxygen atoms in total. The average Bonchev–Trinajstić information content (AvgIpc) is 3.48. The molecule has 154 valence electrons. The monoisotopic (exact) mass is 406 g/mol. The third kappa shape index (κ3) is 4.48. The zero-order valence-corrected chi connectivity index (χ0v) is 16.8. The molecular weight excluding hydrogens is 384 g/mol. The SMILES string of the molecule is COc1cc(C(C)=O)ccc1OCC(=O)Nc1cccc(-c2n[nH]c(C3CC3)n2)c1. The first-order valence-corrected chi connectivity index (χ1v) is 9.68. The number of nitrogens with zero attached hydrogens (tertiary/aromatic N) is 2. The molecule has 0 unspecified atom stereocenters. The molecule has 1 heterocycles. The molecule has 0 bridgehead atoms. The van der Waals surface area contributed by atoms with Crippen LogP contribution in [0.1, 0.15) is 41.9 Å². The molecule has 0 radical (unpaired) electrons. The number of H-pyrrole nitrogens is 1. The smallest absolute Gasteiger partial charge is 0.262 e. The maximum absolute atomic E-state index is 12.3. The Kier molecular flexibility index (Phi) is 5.47. The van der Waals surface area contributed by atoms with E-state index in [1.54, 1.807) is 24.3 Å². The highest BCUT2D eigenvalue weighted by molar-refractivity contribution is 5.95. The van der Waals surface area contributed by atoms with Crippen molar-refractivity contribution >= 4 is 17.4 Å². The van der Waals surface area contributed by atoms with Crippen LogP contribution in [0.4, 0.5) is 5.69 Å². The van der Waals surface area contributed by atoms with E-state index in [1.807, 2.05) is 18.2 Å². The summed E-state index contributed by atoms with van der Waals surface area (Å²) in [6.07, 6.45) is 2.29. The number of anilines is 1. The average molecular weight is 406 g/mol. The number of hydrogen-bond donors (Lipinski definition) is 2. The lowest BCUT2D eigenvalue weighted by atomic mass is 10.1. The summed E-state index contributed by atoms with van der Waals surface area (Å²) in [6.45, 7) is 1.27. The zero-order chi connectivity index (χ0) is 21.1. The Morgan fingerprint density at radius 2 is 2.00 bits per heavy atom. The fourth-order valence-electron chi connectivity index (χ4n) is 3.02. The second-order valence-electron chi connectivity index (χ2n) is 7.16. The Bertz CT molecular complexity index is 1090. The first-order valence-electron chi connectivity index (χ1n) is 9.68. The number of aromatic nitrogens is 3. The van der Waals surface area contributed by atoms with Gasteiger partial charge in [-0.3, -0.25) is 14.7 Å². The molecule has 3 aromatic rings. The van der Waals surface area contributed by atoms with E-state index in [-0.39, 0.29) is 18.3 Å². The Balaban J connectivity index is 1.39. The number of methoxy groups -OCH3 is 1. The molecular formula is C22H22N4O4. The molecule has 1 aromatic heterocycles. The Labute approximate surface area is 173 Å². The van der Waals surface area contributed by atoms with Gasteiger partial charge in [-0.25, -0.2) is 4.98 Å². The van der Waals surface area contributed by atoms with Gasteiger partial charge in [-0.15, -0.1) is 0 Å². The lowest BCUT2D eigenvalue weighted by molar-refractivity contribution is -0.118. The zero-order valence-electron chi connectivity index (χ0n) is 16.8. The Morgan fingerprint density at radius 1 is 1.17 bits per heavy atom. The summed E-state index contributed by atoms with van der Waals surface area (Å²) in [5.41, 5.74) is 1.95. The topological polar surface area (TPSA) is 106 Å². The van der Waals surface area contributed by atoms with Gasteiger partial charge < -0.3 is 14.8 Å². The largest absolute Gasteiger partial charge is 0.493 e. The molecule has 2 N–H and O–H groups in total. The van der Waals surface area contributed by atoms with Gasteiger partial charge in [-0.1, -0.05) is 12.1 Å². The predicted octanol–water partition coefficient (Wildman–Crippen LogP) is 3.58. The van der Waals surface area contributed by atoms with Crippen LogP contribution in [0.25, 0.3) is 11.4 Å². The van der Waals surface area contributed by atoms with Gasteiger partial charge >= 0.3 is 0 Å². The summed E-state index contributed by atoms with van der Waals surface area (Å²) < 4.78 is 10.8. The number of Topliss-reactive ketones (excluding diaryl/α,β-unsaturated/α-hetero) is 1. The van der Waals surface area contributed by atoms with Crippen molar-refractivity contribution in [3.05, 3.63) is 53.9 Å².